The first-order chi connectivity index (χ1) is 12.7. The second kappa shape index (κ2) is 7.18. The molecule has 2 atom stereocenters. The first-order valence-corrected chi connectivity index (χ1v) is 8.99. The highest BCUT2D eigenvalue weighted by atomic mass is 16.4. The fourth-order valence-electron chi connectivity index (χ4n) is 3.85. The second-order valence-corrected chi connectivity index (χ2v) is 6.79. The lowest BCUT2D eigenvalue weighted by atomic mass is 9.90. The summed E-state index contributed by atoms with van der Waals surface area (Å²) in [5.74, 6) is -1.09. The van der Waals surface area contributed by atoms with Crippen LogP contribution in [-0.2, 0) is 4.79 Å². The van der Waals surface area contributed by atoms with Gasteiger partial charge >= 0.3 is 5.97 Å². The molecule has 4 rings (SSSR count). The Labute approximate surface area is 152 Å². The molecule has 3 aromatic rings. The largest absolute Gasteiger partial charge is 0.481 e. The highest BCUT2D eigenvalue weighted by molar-refractivity contribution is 5.88. The molecule has 0 aliphatic carbocycles. The Balaban J connectivity index is 1.70. The monoisotopic (exact) mass is 346 g/mol. The topological polar surface area (TPSA) is 65.1 Å². The van der Waals surface area contributed by atoms with Crippen molar-refractivity contribution in [2.45, 2.75) is 18.3 Å². The number of benzene rings is 2. The van der Waals surface area contributed by atoms with Crippen LogP contribution in [0.1, 0.15) is 35.1 Å². The second-order valence-electron chi connectivity index (χ2n) is 6.79. The maximum Gasteiger partial charge on any atom is 0.313 e. The van der Waals surface area contributed by atoms with Crippen LogP contribution in [0.3, 0.4) is 0 Å². The van der Waals surface area contributed by atoms with Gasteiger partial charge in [-0.15, -0.1) is 0 Å². The number of aliphatic carboxylic acids is 1. The Hall–Kier alpha value is -2.85. The van der Waals surface area contributed by atoms with E-state index in [0.29, 0.717) is 6.54 Å². The Bertz CT molecular complexity index is 943. The quantitative estimate of drug-likeness (QED) is 0.665. The number of H-pyrrole nitrogens is 1. The number of carboxylic acid groups (broad SMARTS) is 1. The number of nitrogens with one attached hydrogen (secondary N) is 2. The van der Waals surface area contributed by atoms with Gasteiger partial charge in [-0.05, 0) is 23.6 Å². The van der Waals surface area contributed by atoms with E-state index in [1.54, 1.807) is 0 Å². The summed E-state index contributed by atoms with van der Waals surface area (Å²) >= 11 is 0. The minimum Gasteiger partial charge on any atom is -0.481 e. The molecule has 0 fully saturated rings. The smallest absolute Gasteiger partial charge is 0.313 e. The van der Waals surface area contributed by atoms with Crippen LogP contribution in [0.2, 0.25) is 0 Å². The molecule has 0 radical (unpaired) electrons. The van der Waals surface area contributed by atoms with Crippen molar-refractivity contribution in [2.24, 2.45) is 0 Å². The van der Waals surface area contributed by atoms with Gasteiger partial charge in [0.05, 0.1) is 0 Å². The number of para-hydroxylation sites is 1. The normalized spacial score (nSPS) is 20.2. The molecule has 1 aliphatic heterocycles. The Kier molecular flexibility index (Phi) is 4.59. The van der Waals surface area contributed by atoms with Gasteiger partial charge in [0, 0.05) is 35.6 Å². The van der Waals surface area contributed by atoms with Gasteiger partial charge in [0.15, 0.2) is 0 Å². The summed E-state index contributed by atoms with van der Waals surface area (Å²) in [5.41, 5.74) is 4.19. The van der Waals surface area contributed by atoms with Crippen molar-refractivity contribution in [1.29, 1.82) is 0 Å². The third-order valence-corrected chi connectivity index (χ3v) is 5.10. The van der Waals surface area contributed by atoms with Gasteiger partial charge in [-0.3, -0.25) is 4.79 Å². The molecule has 2 unspecified atom stereocenters. The lowest BCUT2D eigenvalue weighted by Crippen LogP contribution is -2.26. The number of hydrogen-bond acceptors (Lipinski definition) is 2. The zero-order chi connectivity index (χ0) is 17.9. The van der Waals surface area contributed by atoms with Gasteiger partial charge in [-0.1, -0.05) is 60.7 Å². The van der Waals surface area contributed by atoms with Crippen molar-refractivity contribution in [1.82, 2.24) is 10.3 Å². The van der Waals surface area contributed by atoms with Crippen LogP contribution in [0.25, 0.3) is 17.0 Å². The molecule has 0 amide bonds. The molecule has 4 nitrogen and oxygen atoms in total. The summed E-state index contributed by atoms with van der Waals surface area (Å²) in [5, 5.41) is 14.1. The molecular formula is C22H22N2O2. The molecule has 0 bridgehead atoms. The average Bonchev–Trinajstić information content (AvgIpc) is 2.93. The zero-order valence-corrected chi connectivity index (χ0v) is 14.5. The minimum absolute atomic E-state index is 0.241. The van der Waals surface area contributed by atoms with E-state index in [1.807, 2.05) is 36.4 Å². The van der Waals surface area contributed by atoms with Crippen LogP contribution < -0.4 is 5.32 Å². The lowest BCUT2D eigenvalue weighted by molar-refractivity contribution is -0.138. The molecule has 0 spiro atoms. The maximum atomic E-state index is 11.8. The van der Waals surface area contributed by atoms with Crippen LogP contribution in [0.4, 0.5) is 0 Å². The predicted molar refractivity (Wildman–Crippen MR) is 104 cm³/mol. The van der Waals surface area contributed by atoms with Gasteiger partial charge in [-0.25, -0.2) is 0 Å². The number of rotatable bonds is 4. The summed E-state index contributed by atoms with van der Waals surface area (Å²) in [6.45, 7) is 1.23. The maximum absolute atomic E-state index is 11.8. The van der Waals surface area contributed by atoms with Crippen molar-refractivity contribution in [3.8, 4) is 0 Å². The third-order valence-electron chi connectivity index (χ3n) is 5.10. The number of fused-ring (bicyclic) bond motifs is 3. The van der Waals surface area contributed by atoms with Crippen LogP contribution in [0.5, 0.6) is 0 Å². The van der Waals surface area contributed by atoms with E-state index in [0.717, 1.165) is 35.1 Å². The standard InChI is InChI=1S/C22H22N2O2/c25-22(26)18-14-23-13-16(10-6-9-15-7-2-1-3-8-15)20-17-11-4-5-12-19(17)24-21(18)20/h1-9,11-12,16,18,23-24H,10,13-14H2,(H,25,26). The highest BCUT2D eigenvalue weighted by Crippen LogP contribution is 2.37. The summed E-state index contributed by atoms with van der Waals surface area (Å²) < 4.78 is 0. The fraction of sp³-hybridized carbons (Fsp3) is 0.227. The molecule has 1 aliphatic rings. The van der Waals surface area contributed by atoms with Gasteiger partial charge < -0.3 is 15.4 Å². The van der Waals surface area contributed by atoms with Gasteiger partial charge in [0.2, 0.25) is 0 Å². The molecule has 4 heteroatoms. The molecule has 3 N–H and O–H groups in total. The van der Waals surface area contributed by atoms with E-state index in [1.165, 1.54) is 5.56 Å². The molecule has 0 saturated heterocycles. The van der Waals surface area contributed by atoms with Crippen LogP contribution in [0, 0.1) is 0 Å². The summed E-state index contributed by atoms with van der Waals surface area (Å²) in [7, 11) is 0. The number of carboxylic acids is 1. The first kappa shape index (κ1) is 16.6. The zero-order valence-electron chi connectivity index (χ0n) is 14.5. The summed E-state index contributed by atoms with van der Waals surface area (Å²) in [4.78, 5) is 15.2. The van der Waals surface area contributed by atoms with Crippen molar-refractivity contribution in [2.75, 3.05) is 13.1 Å². The minimum atomic E-state index is -0.786. The summed E-state index contributed by atoms with van der Waals surface area (Å²) in [6.07, 6.45) is 5.19. The summed E-state index contributed by atoms with van der Waals surface area (Å²) in [6, 6.07) is 18.3. The number of hydrogen-bond donors (Lipinski definition) is 3. The number of aromatic amines is 1. The Morgan fingerprint density at radius 1 is 1.08 bits per heavy atom. The van der Waals surface area contributed by atoms with Crippen LogP contribution in [0.15, 0.2) is 60.7 Å². The first-order valence-electron chi connectivity index (χ1n) is 8.99. The van der Waals surface area contributed by atoms with E-state index >= 15 is 0 Å². The van der Waals surface area contributed by atoms with Gasteiger partial charge in [0.1, 0.15) is 5.92 Å². The Morgan fingerprint density at radius 3 is 2.65 bits per heavy atom. The van der Waals surface area contributed by atoms with Crippen molar-refractivity contribution in [3.63, 3.8) is 0 Å². The van der Waals surface area contributed by atoms with E-state index < -0.39 is 11.9 Å². The molecule has 2 aromatic carbocycles. The van der Waals surface area contributed by atoms with Crippen molar-refractivity contribution in [3.05, 3.63) is 77.5 Å². The average molecular weight is 346 g/mol. The SMILES string of the molecule is O=C(O)C1CNCC(CC=Cc2ccccc2)c2c1[nH]c1ccccc21. The van der Waals surface area contributed by atoms with E-state index in [2.05, 4.69) is 40.7 Å². The van der Waals surface area contributed by atoms with Crippen molar-refractivity contribution < 1.29 is 9.90 Å². The van der Waals surface area contributed by atoms with E-state index in [9.17, 15) is 9.90 Å². The number of allylic oxidation sites excluding steroid dienone is 1. The van der Waals surface area contributed by atoms with E-state index in [4.69, 9.17) is 0 Å². The van der Waals surface area contributed by atoms with E-state index in [-0.39, 0.29) is 5.92 Å². The fourth-order valence-corrected chi connectivity index (χ4v) is 3.85. The number of carbonyl (C=O) groups is 1. The highest BCUT2D eigenvalue weighted by Gasteiger charge is 2.31. The molecule has 2 heterocycles. The van der Waals surface area contributed by atoms with Crippen LogP contribution >= 0.6 is 0 Å². The number of aromatic nitrogens is 1. The van der Waals surface area contributed by atoms with Crippen LogP contribution in [-0.4, -0.2) is 29.1 Å². The predicted octanol–water partition coefficient (Wildman–Crippen LogP) is 4.13. The van der Waals surface area contributed by atoms with Crippen molar-refractivity contribution >= 4 is 22.9 Å². The molecule has 1 aromatic heterocycles. The molecular weight excluding hydrogens is 324 g/mol. The lowest BCUT2D eigenvalue weighted by Gasteiger charge is -2.14. The van der Waals surface area contributed by atoms with Gasteiger partial charge in [-0.2, -0.15) is 0 Å². The molecule has 0 saturated carbocycles. The Morgan fingerprint density at radius 2 is 1.85 bits per heavy atom. The third kappa shape index (κ3) is 3.16. The molecule has 26 heavy (non-hydrogen) atoms. The van der Waals surface area contributed by atoms with Gasteiger partial charge in [0.25, 0.3) is 0 Å². The molecule has 132 valence electrons.